The maximum atomic E-state index is 14.7. The highest BCUT2D eigenvalue weighted by atomic mass is 32.1. The van der Waals surface area contributed by atoms with Gasteiger partial charge in [0.2, 0.25) is 11.8 Å². The van der Waals surface area contributed by atoms with E-state index in [0.717, 1.165) is 50.1 Å². The molecule has 4 aromatic rings. The zero-order valence-corrected chi connectivity index (χ0v) is 45.2. The van der Waals surface area contributed by atoms with E-state index in [2.05, 4.69) is 73.0 Å². The zero-order chi connectivity index (χ0) is 47.1. The summed E-state index contributed by atoms with van der Waals surface area (Å²) < 4.78 is 20.4. The molecule has 6 bridgehead atoms. The number of carbonyl (C=O) groups is 5. The van der Waals surface area contributed by atoms with Crippen LogP contribution in [-0.2, 0) is 57.6 Å². The van der Waals surface area contributed by atoms with Crippen LogP contribution >= 0.6 is 54.0 Å². The van der Waals surface area contributed by atoms with Gasteiger partial charge >= 0.3 is 5.97 Å². The third-order valence-corrected chi connectivity index (χ3v) is 13.7. The van der Waals surface area contributed by atoms with Gasteiger partial charge in [0, 0.05) is 67.7 Å². The summed E-state index contributed by atoms with van der Waals surface area (Å²) in [5.74, 6) is -2.39. The van der Waals surface area contributed by atoms with Crippen molar-refractivity contribution in [1.82, 2.24) is 35.1 Å². The monoisotopic (exact) mass is 1040 g/mol. The number of esters is 1. The van der Waals surface area contributed by atoms with Gasteiger partial charge < -0.3 is 33.9 Å². The number of hydrogen-bond donors (Lipinski definition) is 2. The van der Waals surface area contributed by atoms with Crippen LogP contribution in [0.5, 0.6) is 0 Å². The number of ether oxygens (including phenoxy) is 3. The average Bonchev–Trinajstić information content (AvgIpc) is 3.99. The number of likely N-dealkylation sites (tertiary alicyclic amines) is 1. The lowest BCUT2D eigenvalue weighted by molar-refractivity contribution is -0.155. The first-order chi connectivity index (χ1) is 31.6. The number of aryl methyl sites for hydroxylation is 1. The topological polar surface area (TPSA) is 165 Å². The van der Waals surface area contributed by atoms with Gasteiger partial charge in [-0.05, 0) is 91.6 Å². The molecule has 4 aliphatic rings. The van der Waals surface area contributed by atoms with Crippen molar-refractivity contribution in [2.45, 2.75) is 110 Å². The largest absolute Gasteiger partial charge is 0.464 e. The molecule has 1 spiro atoms. The molecule has 1 unspecified atom stereocenters. The highest BCUT2D eigenvalue weighted by molar-refractivity contribution is 7.59. The molecular formula is C51H71N7O8S4. The summed E-state index contributed by atoms with van der Waals surface area (Å²) in [7, 11) is 1.69. The fourth-order valence-electron chi connectivity index (χ4n) is 10.2. The number of methoxy groups -OCH3 is 1. The van der Waals surface area contributed by atoms with Gasteiger partial charge in [-0.1, -0.05) is 64.6 Å². The summed E-state index contributed by atoms with van der Waals surface area (Å²) in [6.45, 7) is 17.0. The first-order valence-electron chi connectivity index (χ1n) is 23.2. The molecule has 70 heavy (non-hydrogen) atoms. The smallest absolute Gasteiger partial charge is 0.324 e. The van der Waals surface area contributed by atoms with E-state index in [4.69, 9.17) is 19.2 Å². The van der Waals surface area contributed by atoms with Gasteiger partial charge in [-0.15, -0.1) is 0 Å². The Bertz CT molecular complexity index is 2570. The van der Waals surface area contributed by atoms with Crippen molar-refractivity contribution in [2.24, 2.45) is 11.3 Å². The summed E-state index contributed by atoms with van der Waals surface area (Å²) in [5.41, 5.74) is 9.15. The Balaban J connectivity index is 0.00000266. The fraction of sp³-hybridized carbons (Fsp3) is 0.490. The Morgan fingerprint density at radius 2 is 1.76 bits per heavy atom. The van der Waals surface area contributed by atoms with E-state index in [1.54, 1.807) is 13.3 Å². The van der Waals surface area contributed by atoms with E-state index >= 15 is 0 Å². The molecule has 4 aliphatic heterocycles. The van der Waals surface area contributed by atoms with Crippen molar-refractivity contribution in [3.8, 4) is 22.4 Å². The molecular weight excluding hydrogens is 967 g/mol. The maximum Gasteiger partial charge on any atom is 0.324 e. The third kappa shape index (κ3) is 11.4. The minimum Gasteiger partial charge on any atom is -0.464 e. The normalized spacial score (nSPS) is 21.9. The minimum absolute atomic E-state index is 0. The van der Waals surface area contributed by atoms with Crippen LogP contribution in [0.2, 0.25) is 0 Å². The van der Waals surface area contributed by atoms with Gasteiger partial charge in [0.1, 0.15) is 24.9 Å². The van der Waals surface area contributed by atoms with Crippen LogP contribution in [0.1, 0.15) is 83.7 Å². The van der Waals surface area contributed by atoms with Crippen LogP contribution in [0.25, 0.3) is 33.3 Å². The molecule has 2 aromatic carbocycles. The number of carbonyl (C=O) groups excluding carboxylic acids is 5. The first kappa shape index (κ1) is 58.1. The van der Waals surface area contributed by atoms with Crippen molar-refractivity contribution in [2.75, 3.05) is 40.1 Å². The van der Waals surface area contributed by atoms with Crippen LogP contribution in [0.3, 0.4) is 0 Å². The van der Waals surface area contributed by atoms with Crippen LogP contribution in [0, 0.1) is 11.3 Å². The number of hydrazine groups is 1. The van der Waals surface area contributed by atoms with E-state index in [-0.39, 0.29) is 104 Å². The van der Waals surface area contributed by atoms with Gasteiger partial charge in [0.05, 0.1) is 30.6 Å². The summed E-state index contributed by atoms with van der Waals surface area (Å²) in [5, 5.41) is 5.55. The van der Waals surface area contributed by atoms with Crippen LogP contribution in [0.4, 0.5) is 0 Å². The maximum absolute atomic E-state index is 14.7. The van der Waals surface area contributed by atoms with Gasteiger partial charge in [0.15, 0.2) is 5.60 Å². The molecule has 15 nitrogen and oxygen atoms in total. The molecule has 2 N–H and O–H groups in total. The van der Waals surface area contributed by atoms with Crippen LogP contribution < -0.4 is 10.7 Å². The summed E-state index contributed by atoms with van der Waals surface area (Å²) in [6.07, 6.45) is 4.76. The minimum atomic E-state index is -1.26. The first-order valence-corrected chi connectivity index (χ1v) is 23.2. The Morgan fingerprint density at radius 1 is 1.01 bits per heavy atom. The van der Waals surface area contributed by atoms with Gasteiger partial charge in [-0.25, -0.2) is 5.43 Å². The summed E-state index contributed by atoms with van der Waals surface area (Å²) in [4.78, 5) is 77.7. The predicted molar refractivity (Wildman–Crippen MR) is 291 cm³/mol. The molecule has 19 heteroatoms. The van der Waals surface area contributed by atoms with Gasteiger partial charge in [-0.2, -0.15) is 54.0 Å². The number of amides is 4. The standard InChI is InChI=1S/C51H63N7O8.4H2S/c1-9-42(59)55-23-20-51(28-55)49(63)57(30-66-51)44(31(3)4)46(60)53-40-25-33-14-11-15-34(24-33)35-18-19-41-37(26-35)38(45(56(41)10-2)36-16-12-21-52-43(36)32(5)64-8)27-50(6,7)29-65-48(62)39-17-13-22-58(54-39)47(40)61;;;;/h9,11-12,14-16,18-19,21,24,26,31-32,39-40,44,54H,1,10,13,17,20,22-23,25,27-30H2,2-8H3,(H,53,60);4*1H2/t32-,39-,40-,44-,51?;;;;/m0..../s1. The number of aromatic nitrogens is 2. The van der Waals surface area contributed by atoms with E-state index in [1.165, 1.54) is 20.9 Å². The molecule has 382 valence electrons. The Morgan fingerprint density at radius 3 is 2.46 bits per heavy atom. The summed E-state index contributed by atoms with van der Waals surface area (Å²) >= 11 is 0. The Labute approximate surface area is 439 Å². The molecule has 3 fully saturated rings. The lowest BCUT2D eigenvalue weighted by atomic mass is 9.84. The molecule has 8 rings (SSSR count). The molecule has 2 aromatic heterocycles. The van der Waals surface area contributed by atoms with Gasteiger partial charge in [0.25, 0.3) is 11.8 Å². The fourth-order valence-corrected chi connectivity index (χ4v) is 10.2. The number of nitrogens with one attached hydrogen (secondary N) is 2. The second kappa shape index (κ2) is 23.8. The van der Waals surface area contributed by atoms with E-state index in [9.17, 15) is 24.0 Å². The zero-order valence-electron chi connectivity index (χ0n) is 41.2. The molecule has 0 saturated carbocycles. The summed E-state index contributed by atoms with van der Waals surface area (Å²) in [6, 6.07) is 15.7. The number of hydrogen-bond acceptors (Lipinski definition) is 10. The van der Waals surface area contributed by atoms with Crippen molar-refractivity contribution in [3.05, 3.63) is 90.3 Å². The molecule has 0 radical (unpaired) electrons. The van der Waals surface area contributed by atoms with Crippen molar-refractivity contribution >= 4 is 94.5 Å². The van der Waals surface area contributed by atoms with Crippen LogP contribution in [0.15, 0.2) is 73.4 Å². The number of benzene rings is 2. The highest BCUT2D eigenvalue weighted by Crippen LogP contribution is 2.42. The number of pyridine rings is 1. The lowest BCUT2D eigenvalue weighted by Gasteiger charge is -2.36. The average molecular weight is 1040 g/mol. The second-order valence-electron chi connectivity index (χ2n) is 19.3. The number of cyclic esters (lactones) is 1. The molecule has 3 saturated heterocycles. The Kier molecular flexibility index (Phi) is 19.8. The van der Waals surface area contributed by atoms with Crippen LogP contribution in [-0.4, -0.2) is 118 Å². The van der Waals surface area contributed by atoms with Gasteiger partial charge in [-0.3, -0.25) is 34.0 Å². The number of nitrogens with zero attached hydrogens (tertiary/aromatic N) is 5. The van der Waals surface area contributed by atoms with E-state index < -0.39 is 46.9 Å². The van der Waals surface area contributed by atoms with Crippen molar-refractivity contribution < 1.29 is 38.2 Å². The number of fused-ring (bicyclic) bond motifs is 6. The quantitative estimate of drug-likeness (QED) is 0.146. The number of rotatable bonds is 9. The van der Waals surface area contributed by atoms with Crippen molar-refractivity contribution in [1.29, 1.82) is 0 Å². The molecule has 4 amide bonds. The Hall–Kier alpha value is -4.50. The lowest BCUT2D eigenvalue weighted by Crippen LogP contribution is -2.62. The molecule has 5 atom stereocenters. The van der Waals surface area contributed by atoms with E-state index in [1.807, 2.05) is 45.0 Å². The third-order valence-electron chi connectivity index (χ3n) is 13.7. The second-order valence-corrected chi connectivity index (χ2v) is 19.3. The molecule has 0 aliphatic carbocycles. The van der Waals surface area contributed by atoms with Crippen molar-refractivity contribution in [3.63, 3.8) is 0 Å². The van der Waals surface area contributed by atoms with E-state index in [0.29, 0.717) is 45.3 Å². The highest BCUT2D eigenvalue weighted by Gasteiger charge is 2.56. The molecule has 6 heterocycles. The SMILES string of the molecule is C=CC(=O)N1CCC2(C1)OCN([C@H](C(=O)N[C@H]1Cc3cccc(c3)-c3ccc4c(c3)c(c(-c3cccnc3[C@H](C)OC)n4CC)CC(C)(C)COC(=O)[C@@H]3CCCN(N3)C1=O)C(C)C)C2=O.S.S.S.S. The predicted octanol–water partition coefficient (Wildman–Crippen LogP) is 6.20.